The van der Waals surface area contributed by atoms with Crippen molar-refractivity contribution in [3.63, 3.8) is 0 Å². The van der Waals surface area contributed by atoms with E-state index in [-0.39, 0.29) is 5.82 Å². The average molecular weight is 229 g/mol. The number of benzene rings is 1. The van der Waals surface area contributed by atoms with E-state index in [4.69, 9.17) is 4.52 Å². The second kappa shape index (κ2) is 4.78. The molecule has 0 aliphatic rings. The topological polar surface area (TPSA) is 26.0 Å². The highest BCUT2D eigenvalue weighted by Gasteiger charge is 2.04. The number of nitrogens with zero attached hydrogens (tertiary/aromatic N) is 1. The monoisotopic (exact) mass is 229 g/mol. The zero-order valence-electron chi connectivity index (χ0n) is 9.48. The summed E-state index contributed by atoms with van der Waals surface area (Å²) in [5, 5.41) is 3.92. The Bertz CT molecular complexity index is 552. The number of aromatic nitrogens is 1. The molecule has 3 heteroatoms. The van der Waals surface area contributed by atoms with Crippen LogP contribution in [-0.4, -0.2) is 5.16 Å². The fraction of sp³-hybridized carbons (Fsp3) is 0.0714. The second-order valence-corrected chi connectivity index (χ2v) is 3.80. The minimum atomic E-state index is -0.264. The molecule has 0 amide bonds. The van der Waals surface area contributed by atoms with Crippen LogP contribution < -0.4 is 0 Å². The SMILES string of the molecule is C=C(C)C=Cc1cc(-c2ccc(F)cc2)no1. The Kier molecular flexibility index (Phi) is 3.19. The van der Waals surface area contributed by atoms with Crippen molar-refractivity contribution in [3.8, 4) is 11.3 Å². The number of halogens is 1. The summed E-state index contributed by atoms with van der Waals surface area (Å²) in [5.74, 6) is 0.381. The zero-order chi connectivity index (χ0) is 12.3. The van der Waals surface area contributed by atoms with Gasteiger partial charge in [-0.25, -0.2) is 4.39 Å². The molecule has 0 atom stereocenters. The van der Waals surface area contributed by atoms with Gasteiger partial charge in [-0.05, 0) is 37.3 Å². The minimum absolute atomic E-state index is 0.264. The maximum absolute atomic E-state index is 12.8. The van der Waals surface area contributed by atoms with E-state index in [1.54, 1.807) is 24.3 Å². The van der Waals surface area contributed by atoms with Crippen molar-refractivity contribution in [2.24, 2.45) is 0 Å². The van der Waals surface area contributed by atoms with Gasteiger partial charge in [-0.15, -0.1) is 0 Å². The van der Waals surface area contributed by atoms with Crippen molar-refractivity contribution in [2.45, 2.75) is 6.92 Å². The van der Waals surface area contributed by atoms with Crippen LogP contribution in [0.3, 0.4) is 0 Å². The van der Waals surface area contributed by atoms with Crippen molar-refractivity contribution >= 4 is 6.08 Å². The fourth-order valence-electron chi connectivity index (χ4n) is 1.35. The van der Waals surface area contributed by atoms with E-state index in [2.05, 4.69) is 11.7 Å². The highest BCUT2D eigenvalue weighted by atomic mass is 19.1. The Morgan fingerprint density at radius 2 is 2.06 bits per heavy atom. The summed E-state index contributed by atoms with van der Waals surface area (Å²) in [7, 11) is 0. The van der Waals surface area contributed by atoms with Gasteiger partial charge in [-0.3, -0.25) is 0 Å². The Hall–Kier alpha value is -2.16. The summed E-state index contributed by atoms with van der Waals surface area (Å²) in [6, 6.07) is 7.92. The van der Waals surface area contributed by atoms with Crippen LogP contribution in [-0.2, 0) is 0 Å². The van der Waals surface area contributed by atoms with Gasteiger partial charge in [0.05, 0.1) is 0 Å². The lowest BCUT2D eigenvalue weighted by molar-refractivity contribution is 0.415. The molecule has 0 spiro atoms. The summed E-state index contributed by atoms with van der Waals surface area (Å²) in [5.41, 5.74) is 2.45. The molecule has 2 rings (SSSR count). The summed E-state index contributed by atoms with van der Waals surface area (Å²) < 4.78 is 17.9. The Labute approximate surface area is 99.1 Å². The van der Waals surface area contributed by atoms with Crippen molar-refractivity contribution in [1.82, 2.24) is 5.16 Å². The fourth-order valence-corrected chi connectivity index (χ4v) is 1.35. The molecule has 0 unspecified atom stereocenters. The van der Waals surface area contributed by atoms with Crippen molar-refractivity contribution in [1.29, 1.82) is 0 Å². The van der Waals surface area contributed by atoms with Crippen LogP contribution in [0.25, 0.3) is 17.3 Å². The first-order chi connectivity index (χ1) is 8.15. The molecule has 1 aromatic heterocycles. The van der Waals surface area contributed by atoms with Crippen molar-refractivity contribution < 1.29 is 8.91 Å². The Morgan fingerprint density at radius 1 is 1.35 bits per heavy atom. The minimum Gasteiger partial charge on any atom is -0.356 e. The third-order valence-corrected chi connectivity index (χ3v) is 2.20. The molecular weight excluding hydrogens is 217 g/mol. The first kappa shape index (κ1) is 11.3. The standard InChI is InChI=1S/C14H12FNO/c1-10(2)3-8-13-9-14(16-17-13)11-4-6-12(15)7-5-11/h3-9H,1H2,2H3. The third kappa shape index (κ3) is 2.91. The summed E-state index contributed by atoms with van der Waals surface area (Å²) >= 11 is 0. The molecule has 0 N–H and O–H groups in total. The highest BCUT2D eigenvalue weighted by molar-refractivity contribution is 5.61. The van der Waals surface area contributed by atoms with Crippen LogP contribution in [0.1, 0.15) is 12.7 Å². The van der Waals surface area contributed by atoms with E-state index >= 15 is 0 Å². The highest BCUT2D eigenvalue weighted by Crippen LogP contribution is 2.20. The third-order valence-electron chi connectivity index (χ3n) is 2.20. The van der Waals surface area contributed by atoms with Gasteiger partial charge in [-0.2, -0.15) is 0 Å². The van der Waals surface area contributed by atoms with Gasteiger partial charge in [0.2, 0.25) is 0 Å². The molecule has 86 valence electrons. The van der Waals surface area contributed by atoms with Crippen LogP contribution in [0.4, 0.5) is 4.39 Å². The summed E-state index contributed by atoms with van der Waals surface area (Å²) in [6.45, 7) is 5.65. The summed E-state index contributed by atoms with van der Waals surface area (Å²) in [4.78, 5) is 0. The predicted molar refractivity (Wildman–Crippen MR) is 65.7 cm³/mol. The molecule has 0 aliphatic heterocycles. The molecular formula is C14H12FNO. The van der Waals surface area contributed by atoms with Crippen molar-refractivity contribution in [3.05, 3.63) is 60.1 Å². The van der Waals surface area contributed by atoms with E-state index in [9.17, 15) is 4.39 Å². The van der Waals surface area contributed by atoms with Gasteiger partial charge in [0.25, 0.3) is 0 Å². The van der Waals surface area contributed by atoms with Gasteiger partial charge >= 0.3 is 0 Å². The molecule has 2 aromatic rings. The van der Waals surface area contributed by atoms with E-state index in [1.807, 2.05) is 13.0 Å². The first-order valence-corrected chi connectivity index (χ1v) is 5.21. The van der Waals surface area contributed by atoms with Gasteiger partial charge in [0.1, 0.15) is 11.5 Å². The molecule has 17 heavy (non-hydrogen) atoms. The number of rotatable bonds is 3. The maximum Gasteiger partial charge on any atom is 0.160 e. The van der Waals surface area contributed by atoms with Crippen molar-refractivity contribution in [2.75, 3.05) is 0 Å². The summed E-state index contributed by atoms with van der Waals surface area (Å²) in [6.07, 6.45) is 3.64. The van der Waals surface area contributed by atoms with E-state index in [0.29, 0.717) is 11.5 Å². The molecule has 0 saturated carbocycles. The Balaban J connectivity index is 2.23. The molecule has 0 fully saturated rings. The molecule has 0 bridgehead atoms. The first-order valence-electron chi connectivity index (χ1n) is 5.21. The lowest BCUT2D eigenvalue weighted by Gasteiger charge is -1.93. The quantitative estimate of drug-likeness (QED) is 0.741. The number of hydrogen-bond acceptors (Lipinski definition) is 2. The molecule has 0 radical (unpaired) electrons. The van der Waals surface area contributed by atoms with Crippen LogP contribution >= 0.6 is 0 Å². The van der Waals surface area contributed by atoms with E-state index in [0.717, 1.165) is 11.1 Å². The van der Waals surface area contributed by atoms with Gasteiger partial charge in [0.15, 0.2) is 5.76 Å². The van der Waals surface area contributed by atoms with Crippen LogP contribution in [0.15, 0.2) is 53.1 Å². The van der Waals surface area contributed by atoms with Gasteiger partial charge < -0.3 is 4.52 Å². The molecule has 0 aliphatic carbocycles. The predicted octanol–water partition coefficient (Wildman–Crippen LogP) is 4.07. The Morgan fingerprint density at radius 3 is 2.71 bits per heavy atom. The molecule has 2 nitrogen and oxygen atoms in total. The van der Waals surface area contributed by atoms with Crippen LogP contribution in [0, 0.1) is 5.82 Å². The lowest BCUT2D eigenvalue weighted by Crippen LogP contribution is -1.77. The van der Waals surface area contributed by atoms with E-state index in [1.165, 1.54) is 12.1 Å². The number of hydrogen-bond donors (Lipinski definition) is 0. The average Bonchev–Trinajstić information content (AvgIpc) is 2.76. The van der Waals surface area contributed by atoms with Gasteiger partial charge in [-0.1, -0.05) is 23.4 Å². The maximum atomic E-state index is 12.8. The van der Waals surface area contributed by atoms with E-state index < -0.39 is 0 Å². The normalized spacial score (nSPS) is 10.9. The zero-order valence-corrected chi connectivity index (χ0v) is 9.48. The lowest BCUT2D eigenvalue weighted by atomic mass is 10.1. The number of allylic oxidation sites excluding steroid dienone is 2. The van der Waals surface area contributed by atoms with Crippen LogP contribution in [0.5, 0.6) is 0 Å². The van der Waals surface area contributed by atoms with Crippen LogP contribution in [0.2, 0.25) is 0 Å². The molecule has 0 saturated heterocycles. The second-order valence-electron chi connectivity index (χ2n) is 3.80. The largest absolute Gasteiger partial charge is 0.356 e. The van der Waals surface area contributed by atoms with Gasteiger partial charge in [0, 0.05) is 11.6 Å². The molecule has 1 heterocycles. The molecule has 1 aromatic carbocycles. The smallest absolute Gasteiger partial charge is 0.160 e.